The van der Waals surface area contributed by atoms with E-state index >= 15 is 0 Å². The second kappa shape index (κ2) is 6.13. The molecule has 0 aliphatic carbocycles. The Hall–Kier alpha value is -1.45. The van der Waals surface area contributed by atoms with Gasteiger partial charge in [0.25, 0.3) is 0 Å². The van der Waals surface area contributed by atoms with E-state index in [2.05, 4.69) is 5.32 Å². The Kier molecular flexibility index (Phi) is 4.51. The molecule has 0 atom stereocenters. The fourth-order valence-electron chi connectivity index (χ4n) is 1.79. The number of hydrogen-bond donors (Lipinski definition) is 1. The van der Waals surface area contributed by atoms with Crippen molar-refractivity contribution in [2.45, 2.75) is 20.0 Å². The van der Waals surface area contributed by atoms with Crippen LogP contribution in [0.15, 0.2) is 36.4 Å². The average Bonchev–Trinajstić information content (AvgIpc) is 2.34. The lowest BCUT2D eigenvalue weighted by atomic mass is 10.1. The van der Waals surface area contributed by atoms with Crippen molar-refractivity contribution in [2.75, 3.05) is 0 Å². The molecule has 0 amide bonds. The first kappa shape index (κ1) is 14.0. The quantitative estimate of drug-likeness (QED) is 0.885. The first-order chi connectivity index (χ1) is 9.06. The second-order valence-corrected chi connectivity index (χ2v) is 4.84. The van der Waals surface area contributed by atoms with E-state index in [0.29, 0.717) is 23.7 Å². The van der Waals surface area contributed by atoms with Gasteiger partial charge in [-0.15, -0.1) is 0 Å². The average molecular weight is 282 g/mol. The van der Waals surface area contributed by atoms with Gasteiger partial charge in [0.1, 0.15) is 11.6 Å². The summed E-state index contributed by atoms with van der Waals surface area (Å²) in [5.74, 6) is -1.11. The number of rotatable bonds is 4. The summed E-state index contributed by atoms with van der Waals surface area (Å²) in [6.07, 6.45) is 0. The molecule has 2 aromatic rings. The molecule has 0 saturated heterocycles. The normalized spacial score (nSPS) is 10.7. The van der Waals surface area contributed by atoms with E-state index in [1.165, 1.54) is 12.1 Å². The summed E-state index contributed by atoms with van der Waals surface area (Å²) in [6.45, 7) is 2.84. The van der Waals surface area contributed by atoms with E-state index in [4.69, 9.17) is 11.6 Å². The Bertz CT molecular complexity index is 533. The molecule has 0 aromatic heterocycles. The maximum atomic E-state index is 13.4. The highest BCUT2D eigenvalue weighted by atomic mass is 35.5. The zero-order chi connectivity index (χ0) is 13.8. The first-order valence-electron chi connectivity index (χ1n) is 5.96. The number of aryl methyl sites for hydroxylation is 1. The third-order valence-electron chi connectivity index (χ3n) is 2.85. The van der Waals surface area contributed by atoms with Crippen LogP contribution in [0.25, 0.3) is 0 Å². The molecule has 0 aliphatic heterocycles. The van der Waals surface area contributed by atoms with Gasteiger partial charge in [0, 0.05) is 29.7 Å². The highest BCUT2D eigenvalue weighted by Crippen LogP contribution is 2.17. The fourth-order valence-corrected chi connectivity index (χ4v) is 2.09. The molecule has 2 rings (SSSR count). The molecular formula is C15H14ClF2N. The monoisotopic (exact) mass is 281 g/mol. The molecular weight excluding hydrogens is 268 g/mol. The van der Waals surface area contributed by atoms with Crippen molar-refractivity contribution in [3.05, 3.63) is 69.7 Å². The zero-order valence-electron chi connectivity index (χ0n) is 10.5. The van der Waals surface area contributed by atoms with E-state index < -0.39 is 11.6 Å². The molecule has 2 aromatic carbocycles. The van der Waals surface area contributed by atoms with Crippen LogP contribution in [0.1, 0.15) is 16.7 Å². The van der Waals surface area contributed by atoms with Crippen LogP contribution in [-0.2, 0) is 13.1 Å². The van der Waals surface area contributed by atoms with Crippen LogP contribution >= 0.6 is 11.6 Å². The number of nitrogens with one attached hydrogen (secondary N) is 1. The second-order valence-electron chi connectivity index (χ2n) is 4.43. The standard InChI is InChI=1S/C15H14ClF2N/c1-10-2-3-11(14(16)6-10)8-19-9-12-4-5-13(17)7-15(12)18/h2-7,19H,8-9H2,1H3. The van der Waals surface area contributed by atoms with Crippen molar-refractivity contribution >= 4 is 11.6 Å². The Morgan fingerprint density at radius 2 is 1.68 bits per heavy atom. The molecule has 0 aliphatic rings. The number of halogens is 3. The largest absolute Gasteiger partial charge is 0.308 e. The molecule has 0 fully saturated rings. The van der Waals surface area contributed by atoms with Crippen LogP contribution in [-0.4, -0.2) is 0 Å². The summed E-state index contributed by atoms with van der Waals surface area (Å²) in [4.78, 5) is 0. The van der Waals surface area contributed by atoms with Crippen LogP contribution in [0.4, 0.5) is 8.78 Å². The smallest absolute Gasteiger partial charge is 0.130 e. The first-order valence-corrected chi connectivity index (χ1v) is 6.34. The van der Waals surface area contributed by atoms with Gasteiger partial charge in [-0.3, -0.25) is 0 Å². The topological polar surface area (TPSA) is 12.0 Å². The molecule has 1 nitrogen and oxygen atoms in total. The minimum absolute atomic E-state index is 0.330. The highest BCUT2D eigenvalue weighted by Gasteiger charge is 2.04. The van der Waals surface area contributed by atoms with Crippen molar-refractivity contribution in [3.63, 3.8) is 0 Å². The predicted molar refractivity (Wildman–Crippen MR) is 73.1 cm³/mol. The van der Waals surface area contributed by atoms with Gasteiger partial charge in [0.15, 0.2) is 0 Å². The van der Waals surface area contributed by atoms with Gasteiger partial charge in [-0.05, 0) is 30.2 Å². The Labute approximate surface area is 116 Å². The summed E-state index contributed by atoms with van der Waals surface area (Å²) < 4.78 is 26.1. The third-order valence-corrected chi connectivity index (χ3v) is 3.21. The maximum absolute atomic E-state index is 13.4. The maximum Gasteiger partial charge on any atom is 0.130 e. The van der Waals surface area contributed by atoms with Crippen LogP contribution in [0, 0.1) is 18.6 Å². The van der Waals surface area contributed by atoms with E-state index in [1.54, 1.807) is 0 Å². The molecule has 0 heterocycles. The highest BCUT2D eigenvalue weighted by molar-refractivity contribution is 6.31. The molecule has 0 unspecified atom stereocenters. The molecule has 19 heavy (non-hydrogen) atoms. The summed E-state index contributed by atoms with van der Waals surface area (Å²) >= 11 is 6.10. The lowest BCUT2D eigenvalue weighted by Gasteiger charge is -2.08. The molecule has 0 radical (unpaired) electrons. The molecule has 100 valence electrons. The SMILES string of the molecule is Cc1ccc(CNCc2ccc(F)cc2F)c(Cl)c1. The lowest BCUT2D eigenvalue weighted by Crippen LogP contribution is -2.14. The van der Waals surface area contributed by atoms with Crippen LogP contribution in [0.2, 0.25) is 5.02 Å². The van der Waals surface area contributed by atoms with Gasteiger partial charge in [0.05, 0.1) is 0 Å². The molecule has 1 N–H and O–H groups in total. The Balaban J connectivity index is 1.96. The van der Waals surface area contributed by atoms with E-state index in [9.17, 15) is 8.78 Å². The summed E-state index contributed by atoms with van der Waals surface area (Å²) in [5.41, 5.74) is 2.48. The predicted octanol–water partition coefficient (Wildman–Crippen LogP) is 4.22. The Morgan fingerprint density at radius 3 is 2.37 bits per heavy atom. The Morgan fingerprint density at radius 1 is 1.00 bits per heavy atom. The minimum Gasteiger partial charge on any atom is -0.308 e. The molecule has 0 saturated carbocycles. The molecule has 4 heteroatoms. The van der Waals surface area contributed by atoms with Gasteiger partial charge in [-0.1, -0.05) is 29.8 Å². The van der Waals surface area contributed by atoms with E-state index in [0.717, 1.165) is 17.2 Å². The molecule has 0 spiro atoms. The van der Waals surface area contributed by atoms with Crippen molar-refractivity contribution in [1.82, 2.24) is 5.32 Å². The van der Waals surface area contributed by atoms with Crippen LogP contribution in [0.5, 0.6) is 0 Å². The van der Waals surface area contributed by atoms with Gasteiger partial charge >= 0.3 is 0 Å². The van der Waals surface area contributed by atoms with Crippen molar-refractivity contribution < 1.29 is 8.78 Å². The minimum atomic E-state index is -0.567. The fraction of sp³-hybridized carbons (Fsp3) is 0.200. The summed E-state index contributed by atoms with van der Waals surface area (Å²) in [6, 6.07) is 9.37. The van der Waals surface area contributed by atoms with Crippen LogP contribution in [0.3, 0.4) is 0 Å². The van der Waals surface area contributed by atoms with Gasteiger partial charge in [0.2, 0.25) is 0 Å². The van der Waals surface area contributed by atoms with Crippen LogP contribution < -0.4 is 5.32 Å². The summed E-state index contributed by atoms with van der Waals surface area (Å²) in [5, 5.41) is 3.78. The van der Waals surface area contributed by atoms with E-state index in [-0.39, 0.29) is 0 Å². The van der Waals surface area contributed by atoms with Gasteiger partial charge < -0.3 is 5.32 Å². The molecule has 0 bridgehead atoms. The lowest BCUT2D eigenvalue weighted by molar-refractivity contribution is 0.560. The van der Waals surface area contributed by atoms with Crippen molar-refractivity contribution in [2.24, 2.45) is 0 Å². The number of benzene rings is 2. The summed E-state index contributed by atoms with van der Waals surface area (Å²) in [7, 11) is 0. The van der Waals surface area contributed by atoms with Gasteiger partial charge in [-0.2, -0.15) is 0 Å². The van der Waals surface area contributed by atoms with Crippen molar-refractivity contribution in [3.8, 4) is 0 Å². The zero-order valence-corrected chi connectivity index (χ0v) is 11.3. The number of hydrogen-bond acceptors (Lipinski definition) is 1. The van der Waals surface area contributed by atoms with Gasteiger partial charge in [-0.25, -0.2) is 8.78 Å². The third kappa shape index (κ3) is 3.75. The van der Waals surface area contributed by atoms with E-state index in [1.807, 2.05) is 25.1 Å². The van der Waals surface area contributed by atoms with Crippen molar-refractivity contribution in [1.29, 1.82) is 0 Å².